The minimum Gasteiger partial charge on any atom is -0.497 e. The normalized spacial score (nSPS) is 11.1. The van der Waals surface area contributed by atoms with Crippen LogP contribution in [0.5, 0.6) is 5.75 Å². The van der Waals surface area contributed by atoms with E-state index in [0.29, 0.717) is 5.92 Å². The molecule has 0 aromatic heterocycles. The van der Waals surface area contributed by atoms with Gasteiger partial charge in [0, 0.05) is 18.8 Å². The van der Waals surface area contributed by atoms with E-state index in [9.17, 15) is 0 Å². The number of nitrogens with two attached hydrogens (primary N) is 1. The molecule has 0 unspecified atom stereocenters. The maximum absolute atomic E-state index is 5.94. The largest absolute Gasteiger partial charge is 0.497 e. The van der Waals surface area contributed by atoms with Gasteiger partial charge in [-0.05, 0) is 36.7 Å². The van der Waals surface area contributed by atoms with Crippen LogP contribution >= 0.6 is 0 Å². The molecule has 0 atom stereocenters. The summed E-state index contributed by atoms with van der Waals surface area (Å²) in [5.74, 6) is 1.53. The zero-order chi connectivity index (χ0) is 12.1. The standard InChI is InChI=1S/C13H22N2O/c1-10(2)8-15(3)9-11-7-12(16-4)5-6-13(11)14/h5-7,10H,8-9,14H2,1-4H3. The van der Waals surface area contributed by atoms with Gasteiger partial charge in [0.25, 0.3) is 0 Å². The highest BCUT2D eigenvalue weighted by Crippen LogP contribution is 2.20. The molecule has 16 heavy (non-hydrogen) atoms. The summed E-state index contributed by atoms with van der Waals surface area (Å²) < 4.78 is 5.20. The number of anilines is 1. The average molecular weight is 222 g/mol. The Morgan fingerprint density at radius 3 is 2.62 bits per heavy atom. The number of hydrogen-bond donors (Lipinski definition) is 1. The molecule has 0 heterocycles. The Balaban J connectivity index is 2.71. The van der Waals surface area contributed by atoms with Crippen LogP contribution in [-0.4, -0.2) is 25.6 Å². The SMILES string of the molecule is COc1ccc(N)c(CN(C)CC(C)C)c1. The van der Waals surface area contributed by atoms with E-state index < -0.39 is 0 Å². The average Bonchev–Trinajstić information content (AvgIpc) is 2.20. The molecule has 0 bridgehead atoms. The van der Waals surface area contributed by atoms with Crippen LogP contribution in [0.15, 0.2) is 18.2 Å². The Bertz CT molecular complexity index is 337. The van der Waals surface area contributed by atoms with E-state index in [-0.39, 0.29) is 0 Å². The van der Waals surface area contributed by atoms with Gasteiger partial charge in [-0.1, -0.05) is 13.8 Å². The number of rotatable bonds is 5. The van der Waals surface area contributed by atoms with Crippen LogP contribution in [0, 0.1) is 5.92 Å². The molecular formula is C13H22N2O. The van der Waals surface area contributed by atoms with E-state index in [1.54, 1.807) is 7.11 Å². The van der Waals surface area contributed by atoms with Crippen LogP contribution in [0.2, 0.25) is 0 Å². The molecule has 1 aromatic rings. The first kappa shape index (κ1) is 12.8. The van der Waals surface area contributed by atoms with Crippen molar-refractivity contribution < 1.29 is 4.74 Å². The Kier molecular flexibility index (Phi) is 4.62. The van der Waals surface area contributed by atoms with E-state index in [0.717, 1.165) is 30.1 Å². The van der Waals surface area contributed by atoms with Gasteiger partial charge in [-0.2, -0.15) is 0 Å². The molecule has 0 saturated carbocycles. The maximum Gasteiger partial charge on any atom is 0.119 e. The highest BCUT2D eigenvalue weighted by atomic mass is 16.5. The zero-order valence-electron chi connectivity index (χ0n) is 10.7. The molecule has 0 saturated heterocycles. The fourth-order valence-electron chi connectivity index (χ4n) is 1.82. The van der Waals surface area contributed by atoms with Crippen molar-refractivity contribution in [3.63, 3.8) is 0 Å². The van der Waals surface area contributed by atoms with Crippen LogP contribution < -0.4 is 10.5 Å². The summed E-state index contributed by atoms with van der Waals surface area (Å²) in [5, 5.41) is 0. The lowest BCUT2D eigenvalue weighted by Gasteiger charge is -2.20. The number of ether oxygens (including phenoxy) is 1. The molecule has 0 amide bonds. The van der Waals surface area contributed by atoms with E-state index in [2.05, 4.69) is 25.8 Å². The summed E-state index contributed by atoms with van der Waals surface area (Å²) in [4.78, 5) is 2.27. The van der Waals surface area contributed by atoms with Crippen LogP contribution in [0.4, 0.5) is 5.69 Å². The molecule has 1 aromatic carbocycles. The number of nitrogen functional groups attached to an aromatic ring is 1. The Morgan fingerprint density at radius 1 is 1.38 bits per heavy atom. The number of hydrogen-bond acceptors (Lipinski definition) is 3. The zero-order valence-corrected chi connectivity index (χ0v) is 10.7. The van der Waals surface area contributed by atoms with E-state index >= 15 is 0 Å². The summed E-state index contributed by atoms with van der Waals surface area (Å²) in [7, 11) is 3.78. The number of nitrogens with zero attached hydrogens (tertiary/aromatic N) is 1. The van der Waals surface area contributed by atoms with Gasteiger partial charge in [-0.15, -0.1) is 0 Å². The van der Waals surface area contributed by atoms with Gasteiger partial charge in [0.2, 0.25) is 0 Å². The summed E-state index contributed by atoms with van der Waals surface area (Å²) in [6.45, 7) is 6.36. The molecule has 0 fully saturated rings. The van der Waals surface area contributed by atoms with E-state index in [1.165, 1.54) is 0 Å². The van der Waals surface area contributed by atoms with Crippen LogP contribution in [-0.2, 0) is 6.54 Å². The topological polar surface area (TPSA) is 38.5 Å². The maximum atomic E-state index is 5.94. The first-order valence-corrected chi connectivity index (χ1v) is 5.64. The minimum absolute atomic E-state index is 0.664. The van der Waals surface area contributed by atoms with Gasteiger partial charge in [-0.3, -0.25) is 0 Å². The van der Waals surface area contributed by atoms with Crippen molar-refractivity contribution in [3.8, 4) is 5.75 Å². The smallest absolute Gasteiger partial charge is 0.119 e. The first-order chi connectivity index (χ1) is 7.52. The first-order valence-electron chi connectivity index (χ1n) is 5.64. The summed E-state index contributed by atoms with van der Waals surface area (Å²) in [6.07, 6.45) is 0. The number of benzene rings is 1. The molecule has 90 valence electrons. The predicted octanol–water partition coefficient (Wildman–Crippen LogP) is 2.37. The summed E-state index contributed by atoms with van der Waals surface area (Å²) in [5.41, 5.74) is 7.90. The van der Waals surface area contributed by atoms with Gasteiger partial charge in [0.1, 0.15) is 5.75 Å². The predicted molar refractivity (Wildman–Crippen MR) is 68.6 cm³/mol. The third-order valence-corrected chi connectivity index (χ3v) is 2.47. The monoisotopic (exact) mass is 222 g/mol. The second-order valence-corrected chi connectivity index (χ2v) is 4.66. The van der Waals surface area contributed by atoms with Gasteiger partial charge in [0.05, 0.1) is 7.11 Å². The van der Waals surface area contributed by atoms with Crippen molar-refractivity contribution in [2.45, 2.75) is 20.4 Å². The molecule has 0 aliphatic rings. The van der Waals surface area contributed by atoms with Crippen molar-refractivity contribution in [2.75, 3.05) is 26.4 Å². The highest BCUT2D eigenvalue weighted by molar-refractivity contribution is 5.50. The van der Waals surface area contributed by atoms with Gasteiger partial charge in [-0.25, -0.2) is 0 Å². The fraction of sp³-hybridized carbons (Fsp3) is 0.538. The Hall–Kier alpha value is -1.22. The van der Waals surface area contributed by atoms with Crippen molar-refractivity contribution in [3.05, 3.63) is 23.8 Å². The Morgan fingerprint density at radius 2 is 2.06 bits per heavy atom. The molecule has 3 heteroatoms. The van der Waals surface area contributed by atoms with Crippen LogP contribution in [0.1, 0.15) is 19.4 Å². The van der Waals surface area contributed by atoms with Crippen LogP contribution in [0.25, 0.3) is 0 Å². The lowest BCUT2D eigenvalue weighted by atomic mass is 10.1. The van der Waals surface area contributed by atoms with Crippen molar-refractivity contribution >= 4 is 5.69 Å². The molecule has 0 aliphatic carbocycles. The fourth-order valence-corrected chi connectivity index (χ4v) is 1.82. The lowest BCUT2D eigenvalue weighted by Crippen LogP contribution is -2.23. The molecule has 0 spiro atoms. The minimum atomic E-state index is 0.664. The molecule has 0 aliphatic heterocycles. The summed E-state index contributed by atoms with van der Waals surface area (Å²) in [6, 6.07) is 5.80. The molecule has 2 N–H and O–H groups in total. The molecule has 1 rings (SSSR count). The van der Waals surface area contributed by atoms with E-state index in [4.69, 9.17) is 10.5 Å². The summed E-state index contributed by atoms with van der Waals surface area (Å²) >= 11 is 0. The molecule has 3 nitrogen and oxygen atoms in total. The molecular weight excluding hydrogens is 200 g/mol. The van der Waals surface area contributed by atoms with Crippen molar-refractivity contribution in [1.29, 1.82) is 0 Å². The van der Waals surface area contributed by atoms with Gasteiger partial charge in [0.15, 0.2) is 0 Å². The van der Waals surface area contributed by atoms with E-state index in [1.807, 2.05) is 18.2 Å². The third kappa shape index (κ3) is 3.74. The highest BCUT2D eigenvalue weighted by Gasteiger charge is 2.06. The Labute approximate surface area is 98.2 Å². The number of methoxy groups -OCH3 is 1. The molecule has 0 radical (unpaired) electrons. The second-order valence-electron chi connectivity index (χ2n) is 4.66. The van der Waals surface area contributed by atoms with Crippen molar-refractivity contribution in [1.82, 2.24) is 4.90 Å². The third-order valence-electron chi connectivity index (χ3n) is 2.47. The van der Waals surface area contributed by atoms with Gasteiger partial charge < -0.3 is 15.4 Å². The van der Waals surface area contributed by atoms with Crippen LogP contribution in [0.3, 0.4) is 0 Å². The quantitative estimate of drug-likeness (QED) is 0.777. The lowest BCUT2D eigenvalue weighted by molar-refractivity contribution is 0.288. The van der Waals surface area contributed by atoms with Crippen molar-refractivity contribution in [2.24, 2.45) is 5.92 Å². The van der Waals surface area contributed by atoms with Gasteiger partial charge >= 0.3 is 0 Å². The second kappa shape index (κ2) is 5.75.